The summed E-state index contributed by atoms with van der Waals surface area (Å²) < 4.78 is 13.0. The molecule has 29 heavy (non-hydrogen) atoms. The van der Waals surface area contributed by atoms with E-state index in [9.17, 15) is 0 Å². The van der Waals surface area contributed by atoms with Gasteiger partial charge in [-0.1, -0.05) is 13.0 Å². The number of aryl methyl sites for hydroxylation is 2. The van der Waals surface area contributed by atoms with Gasteiger partial charge in [-0.05, 0) is 61.9 Å². The zero-order chi connectivity index (χ0) is 20.7. The molecule has 6 nitrogen and oxygen atoms in total. The van der Waals surface area contributed by atoms with Crippen molar-refractivity contribution in [2.75, 3.05) is 20.8 Å². The Hall–Kier alpha value is -2.44. The molecule has 1 unspecified atom stereocenters. The van der Waals surface area contributed by atoms with Gasteiger partial charge in [0.15, 0.2) is 5.65 Å². The fraction of sp³-hybridized carbons (Fsp3) is 0.478. The van der Waals surface area contributed by atoms with E-state index in [4.69, 9.17) is 25.3 Å². The first-order chi connectivity index (χ1) is 14.0. The summed E-state index contributed by atoms with van der Waals surface area (Å²) in [5.41, 5.74) is 15.1. The highest BCUT2D eigenvalue weighted by atomic mass is 16.5. The van der Waals surface area contributed by atoms with Crippen LogP contribution in [0.5, 0.6) is 5.75 Å². The van der Waals surface area contributed by atoms with Crippen LogP contribution in [0.15, 0.2) is 18.2 Å². The highest BCUT2D eigenvalue weighted by molar-refractivity contribution is 5.82. The van der Waals surface area contributed by atoms with Crippen LogP contribution in [0.25, 0.3) is 16.8 Å². The summed E-state index contributed by atoms with van der Waals surface area (Å²) in [6.45, 7) is 7.01. The molecule has 1 aromatic carbocycles. The first kappa shape index (κ1) is 19.9. The lowest BCUT2D eigenvalue weighted by Gasteiger charge is -2.20. The van der Waals surface area contributed by atoms with Crippen molar-refractivity contribution in [3.05, 3.63) is 46.4 Å². The Bertz CT molecular complexity index is 1060. The number of fused-ring (bicyclic) bond motifs is 2. The second-order valence-corrected chi connectivity index (χ2v) is 7.94. The minimum atomic E-state index is -0.0196. The summed E-state index contributed by atoms with van der Waals surface area (Å²) in [5.74, 6) is 1.11. The van der Waals surface area contributed by atoms with Gasteiger partial charge in [-0.3, -0.25) is 0 Å². The van der Waals surface area contributed by atoms with Crippen LogP contribution >= 0.6 is 0 Å². The van der Waals surface area contributed by atoms with E-state index in [1.54, 1.807) is 14.2 Å². The average Bonchev–Trinajstić information content (AvgIpc) is 3.24. The minimum Gasteiger partial charge on any atom is -0.497 e. The molecule has 6 heteroatoms. The van der Waals surface area contributed by atoms with Crippen molar-refractivity contribution >= 4 is 5.65 Å². The SMILES string of the molecule is CC[C@@H](COC)c1c2c(nc3c(-c4ccc(OC)cc4C)c(C)nn13)C(N)CC2. The van der Waals surface area contributed by atoms with Gasteiger partial charge in [0.2, 0.25) is 0 Å². The molecule has 2 N–H and O–H groups in total. The van der Waals surface area contributed by atoms with Gasteiger partial charge >= 0.3 is 0 Å². The standard InChI is InChI=1S/C23H30N4O2/c1-6-15(12-28-4)22-18-9-10-19(24)21(18)25-23-20(14(3)26-27(22)23)17-8-7-16(29-5)11-13(17)2/h7-8,11,15,19H,6,9-10,12,24H2,1-5H3/t15-,19?/m0/s1. The van der Waals surface area contributed by atoms with Crippen LogP contribution < -0.4 is 10.5 Å². The van der Waals surface area contributed by atoms with Crippen molar-refractivity contribution in [3.63, 3.8) is 0 Å². The average molecular weight is 395 g/mol. The second-order valence-electron chi connectivity index (χ2n) is 7.94. The summed E-state index contributed by atoms with van der Waals surface area (Å²) in [4.78, 5) is 5.06. The van der Waals surface area contributed by atoms with Gasteiger partial charge in [0.1, 0.15) is 5.75 Å². The molecular formula is C23H30N4O2. The summed E-state index contributed by atoms with van der Waals surface area (Å²) in [6.07, 6.45) is 2.86. The van der Waals surface area contributed by atoms with Gasteiger partial charge in [-0.25, -0.2) is 9.50 Å². The van der Waals surface area contributed by atoms with Crippen molar-refractivity contribution in [1.82, 2.24) is 14.6 Å². The van der Waals surface area contributed by atoms with Crippen LogP contribution in [0.4, 0.5) is 0 Å². The summed E-state index contributed by atoms with van der Waals surface area (Å²) in [6, 6.07) is 6.12. The molecular weight excluding hydrogens is 364 g/mol. The Kier molecular flexibility index (Phi) is 5.32. The van der Waals surface area contributed by atoms with Gasteiger partial charge in [-0.2, -0.15) is 5.10 Å². The number of rotatable bonds is 6. The Morgan fingerprint density at radius 3 is 2.72 bits per heavy atom. The molecule has 0 aliphatic heterocycles. The fourth-order valence-electron chi connectivity index (χ4n) is 4.60. The van der Waals surface area contributed by atoms with Crippen molar-refractivity contribution in [3.8, 4) is 16.9 Å². The zero-order valence-corrected chi connectivity index (χ0v) is 18.0. The first-order valence-electron chi connectivity index (χ1n) is 10.3. The molecule has 0 saturated heterocycles. The van der Waals surface area contributed by atoms with E-state index in [2.05, 4.69) is 37.4 Å². The number of hydrogen-bond donors (Lipinski definition) is 1. The lowest BCUT2D eigenvalue weighted by molar-refractivity contribution is 0.175. The molecule has 1 aliphatic carbocycles. The lowest BCUT2D eigenvalue weighted by atomic mass is 9.96. The van der Waals surface area contributed by atoms with E-state index in [0.717, 1.165) is 58.7 Å². The maximum atomic E-state index is 6.45. The Balaban J connectivity index is 2.02. The number of hydrogen-bond acceptors (Lipinski definition) is 5. The lowest BCUT2D eigenvalue weighted by Crippen LogP contribution is -2.17. The van der Waals surface area contributed by atoms with E-state index in [0.29, 0.717) is 6.61 Å². The molecule has 1 aliphatic rings. The number of aromatic nitrogens is 3. The smallest absolute Gasteiger partial charge is 0.163 e. The van der Waals surface area contributed by atoms with E-state index in [1.165, 1.54) is 11.3 Å². The van der Waals surface area contributed by atoms with Crippen molar-refractivity contribution in [2.24, 2.45) is 5.73 Å². The third-order valence-electron chi connectivity index (χ3n) is 6.12. The zero-order valence-electron chi connectivity index (χ0n) is 18.0. The molecule has 2 atom stereocenters. The number of methoxy groups -OCH3 is 2. The van der Waals surface area contributed by atoms with Crippen molar-refractivity contribution < 1.29 is 9.47 Å². The monoisotopic (exact) mass is 394 g/mol. The predicted molar refractivity (Wildman–Crippen MR) is 115 cm³/mol. The van der Waals surface area contributed by atoms with Crippen molar-refractivity contribution in [2.45, 2.75) is 52.0 Å². The first-order valence-corrected chi connectivity index (χ1v) is 10.3. The van der Waals surface area contributed by atoms with Crippen LogP contribution in [0.1, 0.15) is 59.9 Å². The Labute approximate surface area is 172 Å². The van der Waals surface area contributed by atoms with Gasteiger partial charge in [0.05, 0.1) is 30.8 Å². The summed E-state index contributed by atoms with van der Waals surface area (Å²) in [7, 11) is 3.45. The van der Waals surface area contributed by atoms with Crippen LogP contribution in [0.2, 0.25) is 0 Å². The highest BCUT2D eigenvalue weighted by Crippen LogP contribution is 2.39. The van der Waals surface area contributed by atoms with E-state index >= 15 is 0 Å². The molecule has 4 rings (SSSR count). The molecule has 2 aromatic heterocycles. The topological polar surface area (TPSA) is 74.7 Å². The van der Waals surface area contributed by atoms with Gasteiger partial charge in [0.25, 0.3) is 0 Å². The maximum absolute atomic E-state index is 6.45. The molecule has 0 spiro atoms. The third-order valence-corrected chi connectivity index (χ3v) is 6.12. The predicted octanol–water partition coefficient (Wildman–Crippen LogP) is 4.11. The number of benzene rings is 1. The highest BCUT2D eigenvalue weighted by Gasteiger charge is 2.31. The minimum absolute atomic E-state index is 0.0196. The molecule has 0 radical (unpaired) electrons. The van der Waals surface area contributed by atoms with Crippen LogP contribution in [0.3, 0.4) is 0 Å². The second kappa shape index (κ2) is 7.76. The normalized spacial score (nSPS) is 17.0. The molecule has 0 saturated carbocycles. The number of nitrogens with zero attached hydrogens (tertiary/aromatic N) is 3. The molecule has 3 aromatic rings. The molecule has 0 bridgehead atoms. The van der Waals surface area contributed by atoms with Gasteiger partial charge in [-0.15, -0.1) is 0 Å². The molecule has 2 heterocycles. The summed E-state index contributed by atoms with van der Waals surface area (Å²) in [5, 5.41) is 4.95. The fourth-order valence-corrected chi connectivity index (χ4v) is 4.60. The summed E-state index contributed by atoms with van der Waals surface area (Å²) >= 11 is 0. The third kappa shape index (κ3) is 3.20. The number of ether oxygens (including phenoxy) is 2. The van der Waals surface area contributed by atoms with E-state index in [-0.39, 0.29) is 12.0 Å². The quantitative estimate of drug-likeness (QED) is 0.681. The molecule has 154 valence electrons. The largest absolute Gasteiger partial charge is 0.497 e. The van der Waals surface area contributed by atoms with E-state index < -0.39 is 0 Å². The number of nitrogens with two attached hydrogens (primary N) is 1. The molecule has 0 fully saturated rings. The van der Waals surface area contributed by atoms with Crippen LogP contribution in [-0.2, 0) is 11.2 Å². The van der Waals surface area contributed by atoms with Gasteiger partial charge < -0.3 is 15.2 Å². The van der Waals surface area contributed by atoms with Crippen LogP contribution in [0, 0.1) is 13.8 Å². The van der Waals surface area contributed by atoms with Crippen LogP contribution in [-0.4, -0.2) is 35.4 Å². The van der Waals surface area contributed by atoms with Crippen molar-refractivity contribution in [1.29, 1.82) is 0 Å². The maximum Gasteiger partial charge on any atom is 0.163 e. The Morgan fingerprint density at radius 2 is 2.07 bits per heavy atom. The van der Waals surface area contributed by atoms with Gasteiger partial charge in [0, 0.05) is 24.6 Å². The van der Waals surface area contributed by atoms with E-state index in [1.807, 2.05) is 6.07 Å². The Morgan fingerprint density at radius 1 is 1.28 bits per heavy atom. The molecule has 0 amide bonds.